The number of aliphatic hydroxyl groups excluding tert-OH is 1. The van der Waals surface area contributed by atoms with E-state index in [2.05, 4.69) is 9.97 Å². The van der Waals surface area contributed by atoms with Crippen molar-refractivity contribution < 1.29 is 14.7 Å². The Bertz CT molecular complexity index is 1650. The highest BCUT2D eigenvalue weighted by Crippen LogP contribution is 2.42. The number of imidazole rings is 1. The maximum atomic E-state index is 13.4. The van der Waals surface area contributed by atoms with Gasteiger partial charge in [-0.15, -0.1) is 0 Å². The zero-order valence-corrected chi connectivity index (χ0v) is 18.9. The van der Waals surface area contributed by atoms with E-state index in [4.69, 9.17) is 0 Å². The fourth-order valence-corrected chi connectivity index (χ4v) is 4.75. The summed E-state index contributed by atoms with van der Waals surface area (Å²) in [5, 5.41) is 13.4. The highest BCUT2D eigenvalue weighted by Gasteiger charge is 2.48. The van der Waals surface area contributed by atoms with Gasteiger partial charge in [-0.25, -0.2) is 4.98 Å². The van der Waals surface area contributed by atoms with Gasteiger partial charge in [0.05, 0.1) is 22.6 Å². The SMILES string of the molecule is Cc1cccc(C2/C(=C(\O)c3ccc4ccccc4c3)C(=O)C(=O)N2c2nc3ccccc3[nH]2)c1. The molecule has 170 valence electrons. The van der Waals surface area contributed by atoms with Crippen LogP contribution in [-0.4, -0.2) is 26.8 Å². The Hall–Kier alpha value is -4.71. The van der Waals surface area contributed by atoms with E-state index >= 15 is 0 Å². The number of hydrogen-bond acceptors (Lipinski definition) is 4. The molecule has 6 heteroatoms. The Morgan fingerprint density at radius 2 is 1.66 bits per heavy atom. The lowest BCUT2D eigenvalue weighted by molar-refractivity contribution is -0.132. The van der Waals surface area contributed by atoms with E-state index in [1.165, 1.54) is 4.90 Å². The summed E-state index contributed by atoms with van der Waals surface area (Å²) in [5.74, 6) is -1.43. The second-order valence-electron chi connectivity index (χ2n) is 8.72. The molecule has 6 rings (SSSR count). The molecule has 1 aliphatic rings. The maximum absolute atomic E-state index is 13.4. The van der Waals surface area contributed by atoms with E-state index in [1.54, 1.807) is 6.07 Å². The number of fused-ring (bicyclic) bond motifs is 2. The minimum absolute atomic E-state index is 0.0383. The Morgan fingerprint density at radius 1 is 0.886 bits per heavy atom. The van der Waals surface area contributed by atoms with Crippen LogP contribution in [0.3, 0.4) is 0 Å². The highest BCUT2D eigenvalue weighted by molar-refractivity contribution is 6.51. The Balaban J connectivity index is 1.58. The van der Waals surface area contributed by atoms with Crippen LogP contribution < -0.4 is 4.90 Å². The van der Waals surface area contributed by atoms with Gasteiger partial charge in [0.15, 0.2) is 0 Å². The van der Waals surface area contributed by atoms with E-state index in [1.807, 2.05) is 91.9 Å². The number of para-hydroxylation sites is 2. The smallest absolute Gasteiger partial charge is 0.302 e. The van der Waals surface area contributed by atoms with Gasteiger partial charge in [0.2, 0.25) is 5.95 Å². The standard InChI is InChI=1S/C29H21N3O3/c1-17-7-6-10-20(15-17)25-24(26(33)21-14-13-18-8-2-3-9-19(18)16-21)27(34)28(35)32(25)29-30-22-11-4-5-12-23(22)31-29/h2-16,25,33H,1H3,(H,30,31)/b26-24+. The predicted octanol–water partition coefficient (Wildman–Crippen LogP) is 5.65. The zero-order valence-electron chi connectivity index (χ0n) is 18.9. The largest absolute Gasteiger partial charge is 0.507 e. The van der Waals surface area contributed by atoms with Gasteiger partial charge in [0.1, 0.15) is 5.76 Å². The summed E-state index contributed by atoms with van der Waals surface area (Å²) in [7, 11) is 0. The molecule has 1 fully saturated rings. The molecular formula is C29H21N3O3. The van der Waals surface area contributed by atoms with Crippen molar-refractivity contribution in [2.45, 2.75) is 13.0 Å². The third-order valence-electron chi connectivity index (χ3n) is 6.43. The van der Waals surface area contributed by atoms with Crippen LogP contribution in [-0.2, 0) is 9.59 Å². The topological polar surface area (TPSA) is 86.3 Å². The monoisotopic (exact) mass is 459 g/mol. The zero-order chi connectivity index (χ0) is 24.1. The lowest BCUT2D eigenvalue weighted by atomic mass is 9.94. The summed E-state index contributed by atoms with van der Waals surface area (Å²) < 4.78 is 0. The number of H-pyrrole nitrogens is 1. The number of aromatic nitrogens is 2. The van der Waals surface area contributed by atoms with Crippen molar-refractivity contribution in [3.63, 3.8) is 0 Å². The molecule has 1 aliphatic heterocycles. The van der Waals surface area contributed by atoms with Crippen molar-refractivity contribution in [3.8, 4) is 0 Å². The van der Waals surface area contributed by atoms with Gasteiger partial charge >= 0.3 is 5.91 Å². The highest BCUT2D eigenvalue weighted by atomic mass is 16.3. The lowest BCUT2D eigenvalue weighted by Crippen LogP contribution is -2.30. The van der Waals surface area contributed by atoms with E-state index in [-0.39, 0.29) is 17.3 Å². The second kappa shape index (κ2) is 7.95. The molecule has 1 unspecified atom stereocenters. The number of aromatic amines is 1. The van der Waals surface area contributed by atoms with Crippen LogP contribution in [0.25, 0.3) is 27.6 Å². The molecule has 0 radical (unpaired) electrons. The van der Waals surface area contributed by atoms with Crippen LogP contribution in [0.4, 0.5) is 5.95 Å². The third-order valence-corrected chi connectivity index (χ3v) is 6.43. The summed E-state index contributed by atoms with van der Waals surface area (Å²) in [6.07, 6.45) is 0. The van der Waals surface area contributed by atoms with Crippen LogP contribution in [0.5, 0.6) is 0 Å². The molecule has 1 saturated heterocycles. The minimum atomic E-state index is -0.832. The fourth-order valence-electron chi connectivity index (χ4n) is 4.75. The third kappa shape index (κ3) is 3.38. The molecule has 1 atom stereocenters. The number of nitrogens with zero attached hydrogens (tertiary/aromatic N) is 2. The second-order valence-corrected chi connectivity index (χ2v) is 8.72. The summed E-state index contributed by atoms with van der Waals surface area (Å²) in [6, 6.07) is 27.4. The van der Waals surface area contributed by atoms with Gasteiger partial charge in [-0.05, 0) is 41.5 Å². The molecule has 4 aromatic carbocycles. The van der Waals surface area contributed by atoms with Crippen LogP contribution >= 0.6 is 0 Å². The van der Waals surface area contributed by atoms with Gasteiger partial charge in [-0.1, -0.05) is 78.4 Å². The molecule has 0 spiro atoms. The van der Waals surface area contributed by atoms with Crippen molar-refractivity contribution in [1.82, 2.24) is 9.97 Å². The Morgan fingerprint density at radius 3 is 2.46 bits per heavy atom. The Kier molecular flexibility index (Phi) is 4.74. The first-order valence-electron chi connectivity index (χ1n) is 11.3. The first kappa shape index (κ1) is 20.9. The van der Waals surface area contributed by atoms with Crippen LogP contribution in [0.2, 0.25) is 0 Å². The first-order chi connectivity index (χ1) is 17.0. The number of aliphatic hydroxyl groups is 1. The number of aryl methyl sites for hydroxylation is 1. The molecule has 2 heterocycles. The van der Waals surface area contributed by atoms with Crippen molar-refractivity contribution in [2.24, 2.45) is 0 Å². The molecule has 1 aromatic heterocycles. The van der Waals surface area contributed by atoms with Crippen LogP contribution in [0, 0.1) is 6.92 Å². The molecule has 2 N–H and O–H groups in total. The van der Waals surface area contributed by atoms with Gasteiger partial charge in [-0.2, -0.15) is 0 Å². The van der Waals surface area contributed by atoms with Crippen LogP contribution in [0.15, 0.2) is 96.6 Å². The number of nitrogens with one attached hydrogen (secondary N) is 1. The number of carbonyl (C=O) groups is 2. The summed E-state index contributed by atoms with van der Waals surface area (Å²) in [6.45, 7) is 1.94. The van der Waals surface area contributed by atoms with E-state index in [0.717, 1.165) is 21.9 Å². The normalized spacial score (nSPS) is 17.5. The molecule has 1 amide bonds. The quantitative estimate of drug-likeness (QED) is 0.207. The van der Waals surface area contributed by atoms with Gasteiger partial charge < -0.3 is 10.1 Å². The van der Waals surface area contributed by atoms with Gasteiger partial charge in [0.25, 0.3) is 5.78 Å². The molecule has 0 bridgehead atoms. The number of hydrogen-bond donors (Lipinski definition) is 2. The average molecular weight is 460 g/mol. The first-order valence-corrected chi connectivity index (χ1v) is 11.3. The number of Topliss-reactive ketones (excluding diaryl/α,β-unsaturated/α-hetero) is 1. The lowest BCUT2D eigenvalue weighted by Gasteiger charge is -2.23. The summed E-state index contributed by atoms with van der Waals surface area (Å²) in [4.78, 5) is 35.9. The predicted molar refractivity (Wildman–Crippen MR) is 136 cm³/mol. The number of anilines is 1. The van der Waals surface area contributed by atoms with Crippen molar-refractivity contribution in [1.29, 1.82) is 0 Å². The molecular weight excluding hydrogens is 438 g/mol. The van der Waals surface area contributed by atoms with E-state index in [0.29, 0.717) is 16.6 Å². The molecule has 0 aliphatic carbocycles. The number of ketones is 1. The molecule has 6 nitrogen and oxygen atoms in total. The summed E-state index contributed by atoms with van der Waals surface area (Å²) >= 11 is 0. The number of benzene rings is 4. The molecule has 35 heavy (non-hydrogen) atoms. The minimum Gasteiger partial charge on any atom is -0.507 e. The molecule has 0 saturated carbocycles. The number of amides is 1. The number of rotatable bonds is 3. The van der Waals surface area contributed by atoms with Gasteiger partial charge in [0, 0.05) is 5.56 Å². The fraction of sp³-hybridized carbons (Fsp3) is 0.0690. The maximum Gasteiger partial charge on any atom is 0.302 e. The average Bonchev–Trinajstić information content (AvgIpc) is 3.41. The Labute approximate surface area is 201 Å². The van der Waals surface area contributed by atoms with Crippen molar-refractivity contribution in [2.75, 3.05) is 4.90 Å². The van der Waals surface area contributed by atoms with E-state index in [9.17, 15) is 14.7 Å². The molecule has 5 aromatic rings. The summed E-state index contributed by atoms with van der Waals surface area (Å²) in [5.41, 5.74) is 3.64. The van der Waals surface area contributed by atoms with Gasteiger partial charge in [-0.3, -0.25) is 14.5 Å². The number of carbonyl (C=O) groups excluding carboxylic acids is 2. The van der Waals surface area contributed by atoms with Crippen molar-refractivity contribution >= 4 is 45.2 Å². The van der Waals surface area contributed by atoms with E-state index < -0.39 is 17.7 Å². The van der Waals surface area contributed by atoms with Crippen LogP contribution in [0.1, 0.15) is 22.7 Å². The van der Waals surface area contributed by atoms with Crippen molar-refractivity contribution in [3.05, 3.63) is 113 Å².